The lowest BCUT2D eigenvalue weighted by molar-refractivity contribution is -0.142. The maximum Gasteiger partial charge on any atom is 0.435 e. The Bertz CT molecular complexity index is 2940. The first-order valence-corrected chi connectivity index (χ1v) is 26.5. The van der Waals surface area contributed by atoms with Crippen molar-refractivity contribution in [2.45, 2.75) is 115 Å². The van der Waals surface area contributed by atoms with Crippen LogP contribution >= 0.6 is 22.7 Å². The van der Waals surface area contributed by atoms with E-state index in [2.05, 4.69) is 93.8 Å². The van der Waals surface area contributed by atoms with Gasteiger partial charge in [-0.2, -0.15) is 36.5 Å². The van der Waals surface area contributed by atoms with Crippen LogP contribution in [0.1, 0.15) is 92.8 Å². The molecule has 72 heavy (non-hydrogen) atoms. The number of alkyl halides is 6. The highest BCUT2D eigenvalue weighted by Gasteiger charge is 2.42. The number of ketones is 1. The number of hydrogen-bond acceptors (Lipinski definition) is 9. The van der Waals surface area contributed by atoms with E-state index in [0.717, 1.165) is 59.2 Å². The molecule has 0 aliphatic carbocycles. The molecule has 2 aliphatic rings. The Morgan fingerprint density at radius 1 is 0.569 bits per heavy atom. The fourth-order valence-corrected chi connectivity index (χ4v) is 12.8. The predicted molar refractivity (Wildman–Crippen MR) is 271 cm³/mol. The Morgan fingerprint density at radius 2 is 0.958 bits per heavy atom. The van der Waals surface area contributed by atoms with E-state index in [-0.39, 0.29) is 42.1 Å². The van der Waals surface area contributed by atoms with Gasteiger partial charge in [0.2, 0.25) is 0 Å². The Labute approximate surface area is 422 Å². The number of carbonyl (C=O) groups is 1. The predicted octanol–water partition coefficient (Wildman–Crippen LogP) is 12.3. The van der Waals surface area contributed by atoms with Crippen molar-refractivity contribution in [2.24, 2.45) is 0 Å². The summed E-state index contributed by atoms with van der Waals surface area (Å²) in [7, 11) is 0. The molecule has 0 amide bonds. The fourth-order valence-electron chi connectivity index (χ4n) is 10.7. The molecule has 0 bridgehead atoms. The number of thiazole rings is 2. The number of aryl methyl sites for hydroxylation is 6. The van der Waals surface area contributed by atoms with Gasteiger partial charge < -0.3 is 0 Å². The van der Waals surface area contributed by atoms with Crippen molar-refractivity contribution in [3.05, 3.63) is 163 Å². The zero-order valence-corrected chi connectivity index (χ0v) is 41.8. The topological polar surface area (TPSA) is 85.0 Å². The van der Waals surface area contributed by atoms with Crippen molar-refractivity contribution in [1.82, 2.24) is 39.3 Å². The summed E-state index contributed by atoms with van der Waals surface area (Å²) in [5.74, 6) is -0.0270. The van der Waals surface area contributed by atoms with Crippen molar-refractivity contribution in [1.29, 1.82) is 0 Å². The smallest absolute Gasteiger partial charge is 0.296 e. The van der Waals surface area contributed by atoms with E-state index in [1.54, 1.807) is 22.7 Å². The molecule has 8 aromatic rings. The number of nitrogens with zero attached hydrogens (tertiary/aromatic N) is 8. The summed E-state index contributed by atoms with van der Waals surface area (Å²) < 4.78 is 86.7. The second-order valence-corrected chi connectivity index (χ2v) is 21.2. The first kappa shape index (κ1) is 49.8. The molecule has 2 aliphatic heterocycles. The van der Waals surface area contributed by atoms with Crippen molar-refractivity contribution < 1.29 is 31.1 Å². The van der Waals surface area contributed by atoms with Crippen molar-refractivity contribution >= 4 is 50.0 Å². The van der Waals surface area contributed by atoms with Crippen molar-refractivity contribution in [3.63, 3.8) is 0 Å². The Balaban J connectivity index is 0.869. The lowest BCUT2D eigenvalue weighted by Crippen LogP contribution is -2.57. The lowest BCUT2D eigenvalue weighted by Gasteiger charge is -2.41. The van der Waals surface area contributed by atoms with Gasteiger partial charge in [-0.15, -0.1) is 22.7 Å². The normalized spacial score (nSPS) is 16.8. The molecule has 17 heteroatoms. The SMILES string of the molecule is Cc1cc(C(F)(F)F)nn1CC(C(=O)C(Cn1nc(C(F)(F)F)cc1C)N1CCC(c2nc(CCc3cccc4ccccc34)cs2)CC1)N1CCC(c2nc(CCc3cccc4ccccc34)cs2)CC1. The van der Waals surface area contributed by atoms with Gasteiger partial charge in [0.1, 0.15) is 0 Å². The average Bonchev–Trinajstić information content (AvgIpc) is 4.21. The highest BCUT2D eigenvalue weighted by atomic mass is 32.1. The summed E-state index contributed by atoms with van der Waals surface area (Å²) in [4.78, 5) is 29.7. The number of benzene rings is 4. The third-order valence-electron chi connectivity index (χ3n) is 14.7. The van der Waals surface area contributed by atoms with Gasteiger partial charge in [0.05, 0.1) is 46.6 Å². The van der Waals surface area contributed by atoms with Crippen LogP contribution in [0.15, 0.2) is 108 Å². The van der Waals surface area contributed by atoms with Crippen LogP contribution in [-0.2, 0) is 55.9 Å². The van der Waals surface area contributed by atoms with Gasteiger partial charge in [-0.1, -0.05) is 84.9 Å². The summed E-state index contributed by atoms with van der Waals surface area (Å²) >= 11 is 3.27. The third-order valence-corrected chi connectivity index (χ3v) is 16.8. The summed E-state index contributed by atoms with van der Waals surface area (Å²) in [5.41, 5.74) is 3.00. The Hall–Kier alpha value is -5.75. The molecule has 2 unspecified atom stereocenters. The Kier molecular flexibility index (Phi) is 14.5. The van der Waals surface area contributed by atoms with E-state index in [9.17, 15) is 26.3 Å². The number of likely N-dealkylation sites (tertiary alicyclic amines) is 2. The van der Waals surface area contributed by atoms with E-state index in [0.29, 0.717) is 51.9 Å². The van der Waals surface area contributed by atoms with Gasteiger partial charge in [0.15, 0.2) is 17.2 Å². The molecule has 2 fully saturated rings. The van der Waals surface area contributed by atoms with Gasteiger partial charge >= 0.3 is 12.4 Å². The summed E-state index contributed by atoms with van der Waals surface area (Å²) in [5, 5.41) is 19.1. The summed E-state index contributed by atoms with van der Waals surface area (Å²) in [6.07, 6.45) is -3.40. The second-order valence-electron chi connectivity index (χ2n) is 19.4. The molecule has 0 radical (unpaired) electrons. The van der Waals surface area contributed by atoms with Gasteiger partial charge in [0, 0.05) is 34.0 Å². The minimum atomic E-state index is -4.69. The first-order chi connectivity index (χ1) is 34.6. The van der Waals surface area contributed by atoms with Crippen LogP contribution in [0.2, 0.25) is 0 Å². The molecule has 2 atom stereocenters. The van der Waals surface area contributed by atoms with Crippen LogP contribution in [0.3, 0.4) is 0 Å². The molecular formula is C55H56F6N8OS2. The van der Waals surface area contributed by atoms with Gasteiger partial charge in [-0.3, -0.25) is 24.0 Å². The van der Waals surface area contributed by atoms with Gasteiger partial charge in [-0.25, -0.2) is 9.97 Å². The molecule has 2 saturated heterocycles. The zero-order valence-electron chi connectivity index (χ0n) is 40.2. The van der Waals surface area contributed by atoms with Crippen LogP contribution in [0.5, 0.6) is 0 Å². The molecule has 376 valence electrons. The lowest BCUT2D eigenvalue weighted by atomic mass is 9.91. The van der Waals surface area contributed by atoms with Crippen LogP contribution in [0.4, 0.5) is 26.3 Å². The summed E-state index contributed by atoms with van der Waals surface area (Å²) in [6, 6.07) is 29.5. The Morgan fingerprint density at radius 3 is 1.35 bits per heavy atom. The van der Waals surface area contributed by atoms with E-state index >= 15 is 4.79 Å². The number of aromatic nitrogens is 6. The maximum atomic E-state index is 15.5. The summed E-state index contributed by atoms with van der Waals surface area (Å²) in [6.45, 7) is 4.66. The molecule has 4 aromatic carbocycles. The minimum Gasteiger partial charge on any atom is -0.296 e. The fraction of sp³-hybridized carbons (Fsp3) is 0.400. The minimum absolute atomic E-state index is 0.128. The van der Waals surface area contributed by atoms with Crippen molar-refractivity contribution in [3.8, 4) is 0 Å². The van der Waals surface area contributed by atoms with E-state index in [1.807, 2.05) is 21.9 Å². The number of halogens is 6. The van der Waals surface area contributed by atoms with Gasteiger partial charge in [0.25, 0.3) is 0 Å². The van der Waals surface area contributed by atoms with Crippen molar-refractivity contribution in [2.75, 3.05) is 26.2 Å². The molecule has 10 rings (SSSR count). The van der Waals surface area contributed by atoms with Crippen LogP contribution in [0.25, 0.3) is 21.5 Å². The first-order valence-electron chi connectivity index (χ1n) is 24.7. The second kappa shape index (κ2) is 21.0. The molecule has 0 saturated carbocycles. The van der Waals surface area contributed by atoms with Crippen LogP contribution in [0, 0.1) is 13.8 Å². The average molecular weight is 1020 g/mol. The highest BCUT2D eigenvalue weighted by Crippen LogP contribution is 2.36. The number of Topliss-reactive ketones (excluding diaryl/α,β-unsaturated/α-hetero) is 1. The number of piperidine rings is 2. The van der Waals surface area contributed by atoms with E-state index in [1.165, 1.54) is 55.9 Å². The van der Waals surface area contributed by atoms with Crippen LogP contribution in [-0.4, -0.2) is 83.4 Å². The van der Waals surface area contributed by atoms with Crippen LogP contribution < -0.4 is 0 Å². The third kappa shape index (κ3) is 11.1. The molecule has 0 spiro atoms. The number of fused-ring (bicyclic) bond motifs is 2. The van der Waals surface area contributed by atoms with E-state index in [4.69, 9.17) is 9.97 Å². The number of carbonyl (C=O) groups excluding carboxylic acids is 1. The molecule has 0 N–H and O–H groups in total. The molecule has 6 heterocycles. The number of hydrogen-bond donors (Lipinski definition) is 0. The van der Waals surface area contributed by atoms with Gasteiger partial charge in [-0.05, 0) is 136 Å². The highest BCUT2D eigenvalue weighted by molar-refractivity contribution is 7.10. The molecular weight excluding hydrogens is 967 g/mol. The zero-order chi connectivity index (χ0) is 50.1. The molecule has 4 aromatic heterocycles. The van der Waals surface area contributed by atoms with E-state index < -0.39 is 35.8 Å². The monoisotopic (exact) mass is 1020 g/mol. The number of rotatable bonds is 16. The largest absolute Gasteiger partial charge is 0.435 e. The quantitative estimate of drug-likeness (QED) is 0.0891. The standard InChI is InChI=1S/C55H56F6N8OS2/c1-35-29-49(54(56,57)58)64-68(35)31-47(66-25-21-41(22-26-66)52-62-43(33-71-52)19-17-39-13-7-11-37-9-3-5-15-45(37)39)51(70)48(32-69-36(2)30-50(65-69)55(59,60)61)67-27-23-42(24-28-67)53-63-44(34-72-53)20-18-40-14-8-12-38-10-4-6-16-46(38)40/h3-16,29-30,33-34,41-42,47-48H,17-28,31-32H2,1-2H3. The molecule has 9 nitrogen and oxygen atoms in total. The maximum absolute atomic E-state index is 15.5.